The molecule has 2 aliphatic rings. The highest BCUT2D eigenvalue weighted by atomic mass is 16.4. The Balaban J connectivity index is 2.07. The first-order valence-corrected chi connectivity index (χ1v) is 8.19. The minimum Gasteiger partial charge on any atom is -0.508 e. The van der Waals surface area contributed by atoms with Crippen molar-refractivity contribution in [3.8, 4) is 0 Å². The first kappa shape index (κ1) is 19.7. The third-order valence-electron chi connectivity index (χ3n) is 4.85. The van der Waals surface area contributed by atoms with Gasteiger partial charge < -0.3 is 25.5 Å². The van der Waals surface area contributed by atoms with Crippen LogP contribution in [0.4, 0.5) is 0 Å². The second kappa shape index (κ2) is 7.72. The van der Waals surface area contributed by atoms with Crippen LogP contribution in [0.15, 0.2) is 35.3 Å². The summed E-state index contributed by atoms with van der Waals surface area (Å²) in [6.07, 6.45) is 1.31. The van der Waals surface area contributed by atoms with Crippen LogP contribution < -0.4 is 0 Å². The Labute approximate surface area is 150 Å². The highest BCUT2D eigenvalue weighted by Crippen LogP contribution is 2.38. The van der Waals surface area contributed by atoms with Crippen molar-refractivity contribution in [3.63, 3.8) is 0 Å². The maximum absolute atomic E-state index is 12.2. The number of carbonyl (C=O) groups is 2. The molecular weight excluding hydrogens is 342 g/mol. The Morgan fingerprint density at radius 1 is 1.27 bits per heavy atom. The van der Waals surface area contributed by atoms with Crippen molar-refractivity contribution in [3.05, 3.63) is 46.7 Å². The van der Waals surface area contributed by atoms with Gasteiger partial charge in [-0.1, -0.05) is 6.08 Å². The highest BCUT2D eigenvalue weighted by molar-refractivity contribution is 5.90. The second-order valence-corrected chi connectivity index (χ2v) is 6.73. The minimum atomic E-state index is -1.84. The summed E-state index contributed by atoms with van der Waals surface area (Å²) in [5, 5.41) is 48.1. The fourth-order valence-electron chi connectivity index (χ4n) is 3.31. The number of carboxylic acid groups (broad SMARTS) is 1. The van der Waals surface area contributed by atoms with Crippen LogP contribution in [-0.4, -0.2) is 55.0 Å². The standard InChI is InChI=1S/C18H21NO7/c1-19-18(17(25)26)8-11(16(24)15(23)9-18)7-12(20)4-2-10-3-5-13(21)14(22)6-10/h2,4,6,11,15-16,21-24H,3,5,7-9H2,(H,25,26)/b4-2+/t11-,15-,16+,18-/m1/s1. The van der Waals surface area contributed by atoms with Crippen molar-refractivity contribution in [2.45, 2.75) is 49.9 Å². The van der Waals surface area contributed by atoms with Crippen molar-refractivity contribution < 1.29 is 35.1 Å². The van der Waals surface area contributed by atoms with Crippen molar-refractivity contribution in [2.75, 3.05) is 0 Å². The number of aliphatic hydroxyl groups is 4. The zero-order chi connectivity index (χ0) is 19.5. The highest BCUT2D eigenvalue weighted by Gasteiger charge is 2.55. The molecule has 1 fully saturated rings. The monoisotopic (exact) mass is 363 g/mol. The van der Waals surface area contributed by atoms with Gasteiger partial charge in [0.25, 0.3) is 0 Å². The molecular formula is C18H21NO7. The van der Waals surface area contributed by atoms with Gasteiger partial charge in [-0.05, 0) is 24.1 Å². The fraction of sp³-hybridized carbons (Fsp3) is 0.500. The molecule has 0 aromatic heterocycles. The summed E-state index contributed by atoms with van der Waals surface area (Å²) in [7, 11) is 0. The lowest BCUT2D eigenvalue weighted by Gasteiger charge is -2.35. The van der Waals surface area contributed by atoms with Gasteiger partial charge >= 0.3 is 11.5 Å². The third kappa shape index (κ3) is 4.12. The second-order valence-electron chi connectivity index (χ2n) is 6.73. The molecule has 0 aliphatic heterocycles. The lowest BCUT2D eigenvalue weighted by molar-refractivity contribution is -0.149. The van der Waals surface area contributed by atoms with E-state index >= 15 is 0 Å². The molecule has 0 saturated heterocycles. The molecule has 0 radical (unpaired) electrons. The number of rotatable bonds is 5. The zero-order valence-corrected chi connectivity index (χ0v) is 14.0. The van der Waals surface area contributed by atoms with Gasteiger partial charge in [0.1, 0.15) is 5.76 Å². The van der Waals surface area contributed by atoms with Crippen LogP contribution in [0.1, 0.15) is 32.1 Å². The first-order valence-electron chi connectivity index (χ1n) is 8.19. The molecule has 8 nitrogen and oxygen atoms in total. The van der Waals surface area contributed by atoms with Gasteiger partial charge in [0.05, 0.1) is 18.6 Å². The SMILES string of the molecule is [C-]#[N+][C@]1(C(=O)O)C[C@@H](CC(=O)/C=C/C2=CC(O)=C(O)CC2)[C@H](O)[C@H](O)C1. The van der Waals surface area contributed by atoms with Crippen LogP contribution in [0.25, 0.3) is 4.85 Å². The van der Waals surface area contributed by atoms with Crippen LogP contribution in [0.2, 0.25) is 0 Å². The average Bonchev–Trinajstić information content (AvgIpc) is 2.59. The van der Waals surface area contributed by atoms with E-state index in [1.807, 2.05) is 0 Å². The third-order valence-corrected chi connectivity index (χ3v) is 4.85. The number of aliphatic hydroxyl groups excluding tert-OH is 4. The van der Waals surface area contributed by atoms with Crippen molar-refractivity contribution in [1.82, 2.24) is 0 Å². The summed E-state index contributed by atoms with van der Waals surface area (Å²) in [5.74, 6) is -2.99. The Hall–Kier alpha value is -2.63. The molecule has 0 unspecified atom stereocenters. The van der Waals surface area contributed by atoms with Crippen LogP contribution in [0, 0.1) is 12.5 Å². The normalized spacial score (nSPS) is 32.2. The predicted molar refractivity (Wildman–Crippen MR) is 90.1 cm³/mol. The smallest absolute Gasteiger partial charge is 0.391 e. The van der Waals surface area contributed by atoms with Gasteiger partial charge in [0.2, 0.25) is 0 Å². The molecule has 0 aromatic rings. The summed E-state index contributed by atoms with van der Waals surface area (Å²) in [4.78, 5) is 26.7. The molecule has 1 saturated carbocycles. The molecule has 5 N–H and O–H groups in total. The fourth-order valence-corrected chi connectivity index (χ4v) is 3.31. The van der Waals surface area contributed by atoms with Crippen molar-refractivity contribution >= 4 is 11.8 Å². The van der Waals surface area contributed by atoms with E-state index in [1.54, 1.807) is 0 Å². The van der Waals surface area contributed by atoms with Gasteiger partial charge in [-0.15, -0.1) is 0 Å². The molecule has 26 heavy (non-hydrogen) atoms. The summed E-state index contributed by atoms with van der Waals surface area (Å²) >= 11 is 0. The maximum atomic E-state index is 12.2. The van der Waals surface area contributed by atoms with Gasteiger partial charge in [-0.2, -0.15) is 0 Å². The molecule has 140 valence electrons. The number of allylic oxidation sites excluding steroid dienone is 5. The molecule has 0 bridgehead atoms. The Kier molecular flexibility index (Phi) is 5.85. The Morgan fingerprint density at radius 3 is 2.54 bits per heavy atom. The topological polar surface area (TPSA) is 140 Å². The Morgan fingerprint density at radius 2 is 1.96 bits per heavy atom. The molecule has 2 aliphatic carbocycles. The van der Waals surface area contributed by atoms with Crippen LogP contribution in [0.3, 0.4) is 0 Å². The molecule has 8 heteroatoms. The average molecular weight is 363 g/mol. The number of ketones is 1. The van der Waals surface area contributed by atoms with Gasteiger partial charge in [0, 0.05) is 25.2 Å². The number of hydrogen-bond donors (Lipinski definition) is 5. The van der Waals surface area contributed by atoms with E-state index < -0.39 is 35.4 Å². The van der Waals surface area contributed by atoms with E-state index in [4.69, 9.17) is 6.57 Å². The molecule has 0 heterocycles. The van der Waals surface area contributed by atoms with Crippen molar-refractivity contribution in [2.24, 2.45) is 5.92 Å². The molecule has 2 rings (SSSR count). The Bertz CT molecular complexity index is 730. The van der Waals surface area contributed by atoms with Gasteiger partial charge in [-0.25, -0.2) is 11.4 Å². The summed E-state index contributed by atoms with van der Waals surface area (Å²) in [6, 6.07) is 0. The number of hydrogen-bond acceptors (Lipinski definition) is 6. The lowest BCUT2D eigenvalue weighted by atomic mass is 9.71. The van der Waals surface area contributed by atoms with E-state index in [0.717, 1.165) is 0 Å². The molecule has 0 aromatic carbocycles. The van der Waals surface area contributed by atoms with Crippen LogP contribution in [-0.2, 0) is 9.59 Å². The summed E-state index contributed by atoms with van der Waals surface area (Å²) in [5.41, 5.74) is -1.20. The number of aliphatic carboxylic acids is 1. The summed E-state index contributed by atoms with van der Waals surface area (Å²) < 4.78 is 0. The number of nitrogens with zero attached hydrogens (tertiary/aromatic N) is 1. The largest absolute Gasteiger partial charge is 0.508 e. The number of carbonyl (C=O) groups excluding carboxylic acids is 1. The van der Waals surface area contributed by atoms with Gasteiger partial charge in [0.15, 0.2) is 11.5 Å². The van der Waals surface area contributed by atoms with E-state index in [1.165, 1.54) is 18.2 Å². The maximum Gasteiger partial charge on any atom is 0.391 e. The van der Waals surface area contributed by atoms with Crippen LogP contribution >= 0.6 is 0 Å². The van der Waals surface area contributed by atoms with Crippen molar-refractivity contribution in [1.29, 1.82) is 0 Å². The molecule has 0 spiro atoms. The van der Waals surface area contributed by atoms with E-state index in [0.29, 0.717) is 12.0 Å². The molecule has 0 amide bonds. The predicted octanol–water partition coefficient (Wildman–Crippen LogP) is 1.42. The van der Waals surface area contributed by atoms with Gasteiger partial charge in [-0.3, -0.25) is 9.64 Å². The quantitative estimate of drug-likeness (QED) is 0.368. The zero-order valence-electron chi connectivity index (χ0n) is 14.0. The van der Waals surface area contributed by atoms with E-state index in [2.05, 4.69) is 4.85 Å². The summed E-state index contributed by atoms with van der Waals surface area (Å²) in [6.45, 7) is 7.15. The van der Waals surface area contributed by atoms with Crippen LogP contribution in [0.5, 0.6) is 0 Å². The molecule has 4 atom stereocenters. The van der Waals surface area contributed by atoms with E-state index in [9.17, 15) is 35.1 Å². The first-order chi connectivity index (χ1) is 12.2. The number of carboxylic acids is 1. The van der Waals surface area contributed by atoms with E-state index in [-0.39, 0.29) is 37.2 Å². The lowest BCUT2D eigenvalue weighted by Crippen LogP contribution is -2.52. The minimum absolute atomic E-state index is 0.114.